The van der Waals surface area contributed by atoms with Gasteiger partial charge in [0, 0.05) is 5.69 Å². The van der Waals surface area contributed by atoms with Crippen molar-refractivity contribution in [3.05, 3.63) is 59.7 Å². The molecule has 0 heterocycles. The van der Waals surface area contributed by atoms with Gasteiger partial charge in [-0.3, -0.25) is 0 Å². The highest BCUT2D eigenvalue weighted by atomic mass is 28.3. The predicted molar refractivity (Wildman–Crippen MR) is 82.0 cm³/mol. The lowest BCUT2D eigenvalue weighted by molar-refractivity contribution is 1.22. The molecule has 1 radical (unpaired) electrons. The Balaban J connectivity index is 2.34. The first-order valence-corrected chi connectivity index (χ1v) is 8.25. The van der Waals surface area contributed by atoms with Gasteiger partial charge in [0.15, 0.2) is 0 Å². The molecule has 0 aromatic heterocycles. The maximum absolute atomic E-state index is 2.46. The average molecular weight is 254 g/mol. The highest BCUT2D eigenvalue weighted by Crippen LogP contribution is 2.24. The van der Waals surface area contributed by atoms with Crippen LogP contribution >= 0.6 is 0 Å². The van der Waals surface area contributed by atoms with Gasteiger partial charge in [-0.1, -0.05) is 48.5 Å². The van der Waals surface area contributed by atoms with E-state index in [0.29, 0.717) is 0 Å². The zero-order chi connectivity index (χ0) is 13.1. The molecule has 0 aliphatic carbocycles. The predicted octanol–water partition coefficient (Wildman–Crippen LogP) is 3.27. The maximum Gasteiger partial charge on any atom is 0.202 e. The van der Waals surface area contributed by atoms with Crippen LogP contribution in [0.15, 0.2) is 48.5 Å². The molecule has 2 heteroatoms. The molecule has 0 spiro atoms. The summed E-state index contributed by atoms with van der Waals surface area (Å²) in [5.41, 5.74) is 4.10. The summed E-state index contributed by atoms with van der Waals surface area (Å²) in [4.78, 5) is 0. The van der Waals surface area contributed by atoms with Crippen molar-refractivity contribution < 1.29 is 0 Å². The second kappa shape index (κ2) is 5.40. The summed E-state index contributed by atoms with van der Waals surface area (Å²) in [7, 11) is 1.51. The summed E-state index contributed by atoms with van der Waals surface area (Å²) in [6.45, 7) is 6.74. The van der Waals surface area contributed by atoms with Crippen molar-refractivity contribution in [3.8, 4) is 0 Å². The summed E-state index contributed by atoms with van der Waals surface area (Å²) in [5, 5.41) is 1.45. The monoisotopic (exact) mass is 254 g/mol. The zero-order valence-electron chi connectivity index (χ0n) is 11.6. The number of hydrogen-bond acceptors (Lipinski definition) is 1. The first kappa shape index (κ1) is 12.9. The molecule has 0 atom stereocenters. The lowest BCUT2D eigenvalue weighted by Gasteiger charge is -2.29. The van der Waals surface area contributed by atoms with Crippen LogP contribution in [-0.4, -0.2) is 16.0 Å². The van der Waals surface area contributed by atoms with Crippen LogP contribution in [0.2, 0.25) is 6.55 Å². The molecular weight excluding hydrogens is 234 g/mol. The van der Waals surface area contributed by atoms with E-state index in [1.165, 1.54) is 22.0 Å². The number of benzene rings is 2. The Morgan fingerprint density at radius 1 is 0.833 bits per heavy atom. The van der Waals surface area contributed by atoms with Crippen LogP contribution in [0.25, 0.3) is 0 Å². The summed E-state index contributed by atoms with van der Waals surface area (Å²) < 4.78 is 2.46. The molecule has 1 nitrogen and oxygen atoms in total. The third-order valence-corrected chi connectivity index (χ3v) is 5.87. The van der Waals surface area contributed by atoms with Crippen LogP contribution in [-0.2, 0) is 0 Å². The van der Waals surface area contributed by atoms with Gasteiger partial charge in [0.1, 0.15) is 0 Å². The number of aryl methyl sites for hydroxylation is 2. The summed E-state index contributed by atoms with van der Waals surface area (Å²) in [6.07, 6.45) is 0. The average Bonchev–Trinajstić information content (AvgIpc) is 2.38. The minimum atomic E-state index is -0.708. The van der Waals surface area contributed by atoms with Crippen LogP contribution in [0.3, 0.4) is 0 Å². The van der Waals surface area contributed by atoms with Crippen molar-refractivity contribution in [2.75, 3.05) is 11.6 Å². The molecule has 0 saturated carbocycles. The fourth-order valence-electron chi connectivity index (χ4n) is 2.38. The van der Waals surface area contributed by atoms with E-state index in [4.69, 9.17) is 0 Å². The zero-order valence-corrected chi connectivity index (χ0v) is 12.6. The normalized spacial score (nSPS) is 10.7. The van der Waals surface area contributed by atoms with Crippen molar-refractivity contribution in [2.45, 2.75) is 20.4 Å². The van der Waals surface area contributed by atoms with Gasteiger partial charge >= 0.3 is 0 Å². The maximum atomic E-state index is 2.46. The third kappa shape index (κ3) is 2.49. The quantitative estimate of drug-likeness (QED) is 0.760. The molecule has 0 aliphatic rings. The largest absolute Gasteiger partial charge is 0.396 e. The van der Waals surface area contributed by atoms with Crippen LogP contribution in [0.5, 0.6) is 0 Å². The number of anilines is 1. The van der Waals surface area contributed by atoms with Gasteiger partial charge in [0.05, 0.1) is 0 Å². The van der Waals surface area contributed by atoms with Crippen molar-refractivity contribution >= 4 is 19.8 Å². The minimum absolute atomic E-state index is 0.708. The van der Waals surface area contributed by atoms with E-state index in [-0.39, 0.29) is 0 Å². The Bertz CT molecular complexity index is 502. The third-order valence-electron chi connectivity index (χ3n) is 3.47. The fourth-order valence-corrected chi connectivity index (χ4v) is 4.13. The standard InChI is InChI=1S/C16H20NSi/c1-13-9-8-10-14(2)16(13)17(3)18(4)15-11-6-5-7-12-15/h5-12H,1-4H3. The first-order valence-electron chi connectivity index (χ1n) is 6.30. The smallest absolute Gasteiger partial charge is 0.202 e. The molecule has 0 amide bonds. The van der Waals surface area contributed by atoms with Crippen molar-refractivity contribution in [2.24, 2.45) is 0 Å². The van der Waals surface area contributed by atoms with E-state index >= 15 is 0 Å². The highest BCUT2D eigenvalue weighted by molar-refractivity contribution is 6.75. The van der Waals surface area contributed by atoms with Crippen molar-refractivity contribution in [1.29, 1.82) is 0 Å². The summed E-state index contributed by atoms with van der Waals surface area (Å²) >= 11 is 0. The molecule has 0 fully saturated rings. The molecular formula is C16H20NSi. The number of para-hydroxylation sites is 1. The van der Waals surface area contributed by atoms with E-state index in [0.717, 1.165) is 0 Å². The molecule has 0 unspecified atom stereocenters. The van der Waals surface area contributed by atoms with Crippen molar-refractivity contribution in [1.82, 2.24) is 0 Å². The molecule has 2 aromatic carbocycles. The van der Waals surface area contributed by atoms with E-state index < -0.39 is 8.96 Å². The molecule has 0 N–H and O–H groups in total. The minimum Gasteiger partial charge on any atom is -0.396 e. The van der Waals surface area contributed by atoms with E-state index in [2.05, 4.69) is 80.5 Å². The van der Waals surface area contributed by atoms with E-state index in [9.17, 15) is 0 Å². The first-order chi connectivity index (χ1) is 8.61. The van der Waals surface area contributed by atoms with Gasteiger partial charge in [-0.2, -0.15) is 0 Å². The molecule has 18 heavy (non-hydrogen) atoms. The highest BCUT2D eigenvalue weighted by Gasteiger charge is 2.17. The van der Waals surface area contributed by atoms with Gasteiger partial charge in [0.2, 0.25) is 8.96 Å². The van der Waals surface area contributed by atoms with Gasteiger partial charge in [-0.15, -0.1) is 0 Å². The Labute approximate surface area is 112 Å². The fraction of sp³-hybridized carbons (Fsp3) is 0.250. The molecule has 0 bridgehead atoms. The topological polar surface area (TPSA) is 3.24 Å². The Hall–Kier alpha value is -1.54. The molecule has 2 rings (SSSR count). The molecule has 2 aromatic rings. The van der Waals surface area contributed by atoms with Crippen LogP contribution < -0.4 is 9.75 Å². The second-order valence-corrected chi connectivity index (χ2v) is 7.17. The molecule has 0 saturated heterocycles. The summed E-state index contributed by atoms with van der Waals surface area (Å²) in [6, 6.07) is 17.3. The lowest BCUT2D eigenvalue weighted by atomic mass is 10.1. The Morgan fingerprint density at radius 3 is 1.94 bits per heavy atom. The van der Waals surface area contributed by atoms with Gasteiger partial charge in [0.25, 0.3) is 0 Å². The second-order valence-electron chi connectivity index (χ2n) is 4.75. The molecule has 0 aliphatic heterocycles. The lowest BCUT2D eigenvalue weighted by Crippen LogP contribution is -2.44. The van der Waals surface area contributed by atoms with E-state index in [1.54, 1.807) is 0 Å². The summed E-state index contributed by atoms with van der Waals surface area (Å²) in [5.74, 6) is 0. The van der Waals surface area contributed by atoms with E-state index in [1.807, 2.05) is 0 Å². The van der Waals surface area contributed by atoms with Gasteiger partial charge in [-0.25, -0.2) is 0 Å². The SMILES string of the molecule is Cc1cccc(C)c1N(C)[Si](C)c1ccccc1. The van der Waals surface area contributed by atoms with Gasteiger partial charge in [-0.05, 0) is 43.8 Å². The number of rotatable bonds is 3. The van der Waals surface area contributed by atoms with Crippen LogP contribution in [0, 0.1) is 13.8 Å². The van der Waals surface area contributed by atoms with Crippen LogP contribution in [0.1, 0.15) is 11.1 Å². The number of hydrogen-bond donors (Lipinski definition) is 0. The van der Waals surface area contributed by atoms with Gasteiger partial charge < -0.3 is 4.57 Å². The molecule has 93 valence electrons. The van der Waals surface area contributed by atoms with Crippen molar-refractivity contribution in [3.63, 3.8) is 0 Å². The number of nitrogens with zero attached hydrogens (tertiary/aromatic N) is 1. The Kier molecular flexibility index (Phi) is 3.87. The Morgan fingerprint density at radius 2 is 1.39 bits per heavy atom. The van der Waals surface area contributed by atoms with Crippen LogP contribution in [0.4, 0.5) is 5.69 Å².